The standard InChI is InChI=1S/C26H28N2O4S/c1-26(2,25(30)31)32-22-6-3-5-19(17-22)27-15-14-24(29)28(21-12-13-21)20-10-8-18(9-11-20)23-7-4-16-33-23/h3-11,16-17,21,27H,12-15H2,1-2H3,(H,30,31). The lowest BCUT2D eigenvalue weighted by molar-refractivity contribution is -0.152. The summed E-state index contributed by atoms with van der Waals surface area (Å²) in [6.45, 7) is 3.49. The van der Waals surface area contributed by atoms with E-state index in [1.165, 1.54) is 18.7 Å². The normalized spacial score (nSPS) is 13.4. The number of anilines is 2. The zero-order chi connectivity index (χ0) is 23.4. The van der Waals surface area contributed by atoms with E-state index in [0.717, 1.165) is 29.8 Å². The van der Waals surface area contributed by atoms with Crippen molar-refractivity contribution in [1.29, 1.82) is 0 Å². The predicted octanol–water partition coefficient (Wildman–Crippen LogP) is 5.65. The van der Waals surface area contributed by atoms with Gasteiger partial charge >= 0.3 is 5.97 Å². The first kappa shape index (κ1) is 22.9. The number of carboxylic acid groups (broad SMARTS) is 1. The molecule has 0 aliphatic heterocycles. The van der Waals surface area contributed by atoms with Gasteiger partial charge in [0.25, 0.3) is 0 Å². The van der Waals surface area contributed by atoms with E-state index in [2.05, 4.69) is 28.9 Å². The molecule has 33 heavy (non-hydrogen) atoms. The summed E-state index contributed by atoms with van der Waals surface area (Å²) in [4.78, 5) is 27.5. The molecular formula is C26H28N2O4S. The minimum Gasteiger partial charge on any atom is -0.478 e. The molecule has 1 heterocycles. The summed E-state index contributed by atoms with van der Waals surface area (Å²) >= 11 is 1.70. The molecular weight excluding hydrogens is 436 g/mol. The minimum atomic E-state index is -1.32. The number of amides is 1. The molecule has 0 radical (unpaired) electrons. The maximum atomic E-state index is 13.1. The van der Waals surface area contributed by atoms with Gasteiger partial charge < -0.3 is 20.1 Å². The Bertz CT molecular complexity index is 1110. The molecule has 1 aliphatic rings. The van der Waals surface area contributed by atoms with Gasteiger partial charge in [0.2, 0.25) is 5.91 Å². The number of hydrogen-bond donors (Lipinski definition) is 2. The van der Waals surface area contributed by atoms with Crippen LogP contribution in [0.5, 0.6) is 5.75 Å². The number of hydrogen-bond acceptors (Lipinski definition) is 5. The monoisotopic (exact) mass is 464 g/mol. The van der Waals surface area contributed by atoms with Crippen LogP contribution in [-0.2, 0) is 9.59 Å². The van der Waals surface area contributed by atoms with E-state index >= 15 is 0 Å². The fraction of sp³-hybridized carbons (Fsp3) is 0.308. The Labute approximate surface area is 197 Å². The Morgan fingerprint density at radius 3 is 2.52 bits per heavy atom. The summed E-state index contributed by atoms with van der Waals surface area (Å²) in [7, 11) is 0. The largest absolute Gasteiger partial charge is 0.478 e. The van der Waals surface area contributed by atoms with E-state index in [1.807, 2.05) is 29.2 Å². The number of aliphatic carboxylic acids is 1. The topological polar surface area (TPSA) is 78.9 Å². The summed E-state index contributed by atoms with van der Waals surface area (Å²) in [6, 6.07) is 19.8. The third-order valence-electron chi connectivity index (χ3n) is 5.52. The van der Waals surface area contributed by atoms with Gasteiger partial charge in [0.05, 0.1) is 0 Å². The number of nitrogens with one attached hydrogen (secondary N) is 1. The summed E-state index contributed by atoms with van der Waals surface area (Å²) in [5.74, 6) is -0.479. The number of carboxylic acids is 1. The second-order valence-electron chi connectivity index (χ2n) is 8.64. The molecule has 0 unspecified atom stereocenters. The molecule has 1 aromatic heterocycles. The molecule has 6 nitrogen and oxygen atoms in total. The lowest BCUT2D eigenvalue weighted by Crippen LogP contribution is -2.37. The third-order valence-corrected chi connectivity index (χ3v) is 6.44. The molecule has 7 heteroatoms. The Morgan fingerprint density at radius 2 is 1.88 bits per heavy atom. The average molecular weight is 465 g/mol. The maximum absolute atomic E-state index is 13.1. The van der Waals surface area contributed by atoms with Crippen molar-refractivity contribution in [2.24, 2.45) is 0 Å². The van der Waals surface area contributed by atoms with Gasteiger partial charge in [0.15, 0.2) is 5.60 Å². The first-order valence-corrected chi connectivity index (χ1v) is 11.9. The number of thiophene rings is 1. The number of carbonyl (C=O) groups is 2. The van der Waals surface area contributed by atoms with Crippen LogP contribution in [0.15, 0.2) is 66.0 Å². The van der Waals surface area contributed by atoms with Crippen molar-refractivity contribution < 1.29 is 19.4 Å². The maximum Gasteiger partial charge on any atom is 0.347 e. The summed E-state index contributed by atoms with van der Waals surface area (Å²) < 4.78 is 5.59. The lowest BCUT2D eigenvalue weighted by Gasteiger charge is -2.23. The molecule has 1 amide bonds. The van der Waals surface area contributed by atoms with Crippen LogP contribution in [0.2, 0.25) is 0 Å². The highest BCUT2D eigenvalue weighted by molar-refractivity contribution is 7.13. The van der Waals surface area contributed by atoms with Crippen molar-refractivity contribution in [3.8, 4) is 16.2 Å². The van der Waals surface area contributed by atoms with Gasteiger partial charge in [-0.15, -0.1) is 11.3 Å². The van der Waals surface area contributed by atoms with E-state index in [0.29, 0.717) is 18.7 Å². The highest BCUT2D eigenvalue weighted by atomic mass is 32.1. The SMILES string of the molecule is CC(C)(Oc1cccc(NCCC(=O)N(c2ccc(-c3cccs3)cc2)C2CC2)c1)C(=O)O. The molecule has 0 spiro atoms. The number of benzene rings is 2. The number of rotatable bonds is 10. The van der Waals surface area contributed by atoms with E-state index in [-0.39, 0.29) is 11.9 Å². The summed E-state index contributed by atoms with van der Waals surface area (Å²) in [5, 5.41) is 14.6. The number of ether oxygens (including phenoxy) is 1. The van der Waals surface area contributed by atoms with Gasteiger partial charge in [-0.25, -0.2) is 4.79 Å². The molecule has 0 bridgehead atoms. The highest BCUT2D eigenvalue weighted by Gasteiger charge is 2.33. The van der Waals surface area contributed by atoms with Gasteiger partial charge in [-0.2, -0.15) is 0 Å². The molecule has 1 aliphatic carbocycles. The Hall–Kier alpha value is -3.32. The Balaban J connectivity index is 1.36. The van der Waals surface area contributed by atoms with Crippen LogP contribution in [0.1, 0.15) is 33.1 Å². The summed E-state index contributed by atoms with van der Waals surface area (Å²) in [5.41, 5.74) is 1.55. The fourth-order valence-corrected chi connectivity index (χ4v) is 4.30. The van der Waals surface area contributed by atoms with Gasteiger partial charge in [0.1, 0.15) is 5.75 Å². The zero-order valence-corrected chi connectivity index (χ0v) is 19.6. The minimum absolute atomic E-state index is 0.0910. The molecule has 3 aromatic rings. The predicted molar refractivity (Wildman–Crippen MR) is 132 cm³/mol. The quantitative estimate of drug-likeness (QED) is 0.405. The van der Waals surface area contributed by atoms with Gasteiger partial charge in [0, 0.05) is 41.3 Å². The van der Waals surface area contributed by atoms with Crippen LogP contribution in [0, 0.1) is 0 Å². The Morgan fingerprint density at radius 1 is 1.12 bits per heavy atom. The van der Waals surface area contributed by atoms with E-state index in [1.54, 1.807) is 29.5 Å². The van der Waals surface area contributed by atoms with E-state index in [4.69, 9.17) is 4.74 Å². The lowest BCUT2D eigenvalue weighted by atomic mass is 10.1. The van der Waals surface area contributed by atoms with Crippen LogP contribution in [0.4, 0.5) is 11.4 Å². The molecule has 0 atom stereocenters. The Kier molecular flexibility index (Phi) is 6.70. The van der Waals surface area contributed by atoms with Gasteiger partial charge in [-0.1, -0.05) is 24.3 Å². The molecule has 4 rings (SSSR count). The van der Waals surface area contributed by atoms with Crippen LogP contribution in [0.3, 0.4) is 0 Å². The highest BCUT2D eigenvalue weighted by Crippen LogP contribution is 2.34. The van der Waals surface area contributed by atoms with Crippen LogP contribution in [-0.4, -0.2) is 35.2 Å². The van der Waals surface area contributed by atoms with Crippen molar-refractivity contribution >= 4 is 34.6 Å². The molecule has 2 aromatic carbocycles. The van der Waals surface area contributed by atoms with Gasteiger partial charge in [-0.3, -0.25) is 4.79 Å². The van der Waals surface area contributed by atoms with Crippen LogP contribution >= 0.6 is 11.3 Å². The number of carbonyl (C=O) groups excluding carboxylic acids is 1. The van der Waals surface area contributed by atoms with Crippen molar-refractivity contribution in [2.45, 2.75) is 44.8 Å². The van der Waals surface area contributed by atoms with Crippen molar-refractivity contribution in [3.05, 3.63) is 66.0 Å². The van der Waals surface area contributed by atoms with E-state index in [9.17, 15) is 14.7 Å². The smallest absolute Gasteiger partial charge is 0.347 e. The molecule has 2 N–H and O–H groups in total. The molecule has 172 valence electrons. The molecule has 1 saturated carbocycles. The van der Waals surface area contributed by atoms with Crippen molar-refractivity contribution in [2.75, 3.05) is 16.8 Å². The summed E-state index contributed by atoms with van der Waals surface area (Å²) in [6.07, 6.45) is 2.42. The van der Waals surface area contributed by atoms with Gasteiger partial charge in [-0.05, 0) is 68.0 Å². The second kappa shape index (κ2) is 9.67. The fourth-order valence-electron chi connectivity index (χ4n) is 3.56. The molecule has 1 fully saturated rings. The van der Waals surface area contributed by atoms with Crippen LogP contribution < -0.4 is 15.0 Å². The third kappa shape index (κ3) is 5.73. The zero-order valence-electron chi connectivity index (χ0n) is 18.8. The average Bonchev–Trinajstić information content (AvgIpc) is 3.45. The van der Waals surface area contributed by atoms with E-state index < -0.39 is 11.6 Å². The second-order valence-corrected chi connectivity index (χ2v) is 9.59. The van der Waals surface area contributed by atoms with Crippen molar-refractivity contribution in [1.82, 2.24) is 0 Å². The first-order valence-electron chi connectivity index (χ1n) is 11.1. The van der Waals surface area contributed by atoms with Crippen molar-refractivity contribution in [3.63, 3.8) is 0 Å². The number of nitrogens with zero attached hydrogens (tertiary/aromatic N) is 1. The molecule has 0 saturated heterocycles. The van der Waals surface area contributed by atoms with Crippen LogP contribution in [0.25, 0.3) is 10.4 Å². The first-order chi connectivity index (χ1) is 15.8.